The number of carbonyl (C=O) groups excluding carboxylic acids is 2. The van der Waals surface area contributed by atoms with E-state index in [1.54, 1.807) is 42.5 Å². The van der Waals surface area contributed by atoms with E-state index in [2.05, 4.69) is 5.10 Å². The first-order valence-electron chi connectivity index (χ1n) is 8.31. The molecule has 0 saturated carbocycles. The summed E-state index contributed by atoms with van der Waals surface area (Å²) in [7, 11) is 3.05. The molecule has 1 aliphatic rings. The maximum absolute atomic E-state index is 12.8. The van der Waals surface area contributed by atoms with Crippen molar-refractivity contribution in [2.24, 2.45) is 5.10 Å². The van der Waals surface area contributed by atoms with E-state index in [0.717, 1.165) is 10.4 Å². The van der Waals surface area contributed by atoms with E-state index in [9.17, 15) is 9.59 Å². The molecule has 0 N–H and O–H groups in total. The summed E-state index contributed by atoms with van der Waals surface area (Å²) >= 11 is 0. The molecule has 0 unspecified atom stereocenters. The van der Waals surface area contributed by atoms with E-state index in [0.29, 0.717) is 33.6 Å². The Hall–Kier alpha value is -3.67. The lowest BCUT2D eigenvalue weighted by Gasteiger charge is -2.23. The molecule has 6 heteroatoms. The average Bonchev–Trinajstić information content (AvgIpc) is 2.71. The van der Waals surface area contributed by atoms with Crippen molar-refractivity contribution in [2.45, 2.75) is 0 Å². The second-order valence-electron chi connectivity index (χ2n) is 5.96. The molecule has 4 rings (SSSR count). The zero-order chi connectivity index (χ0) is 19.0. The van der Waals surface area contributed by atoms with Gasteiger partial charge >= 0.3 is 0 Å². The monoisotopic (exact) mass is 360 g/mol. The topological polar surface area (TPSA) is 68.2 Å². The predicted octanol–water partition coefficient (Wildman–Crippen LogP) is 3.49. The van der Waals surface area contributed by atoms with Crippen LogP contribution in [0.1, 0.15) is 26.3 Å². The van der Waals surface area contributed by atoms with Crippen LogP contribution in [0.15, 0.2) is 59.7 Å². The fourth-order valence-electron chi connectivity index (χ4n) is 3.26. The number of hydrogen-bond donors (Lipinski definition) is 0. The molecule has 0 bridgehead atoms. The molecule has 0 aromatic heterocycles. The number of imide groups is 1. The Bertz CT molecular complexity index is 1050. The van der Waals surface area contributed by atoms with Crippen molar-refractivity contribution in [1.29, 1.82) is 0 Å². The van der Waals surface area contributed by atoms with Gasteiger partial charge < -0.3 is 9.47 Å². The summed E-state index contributed by atoms with van der Waals surface area (Å²) in [5, 5.41) is 6.56. The fourth-order valence-corrected chi connectivity index (χ4v) is 3.26. The highest BCUT2D eigenvalue weighted by atomic mass is 16.5. The van der Waals surface area contributed by atoms with E-state index >= 15 is 0 Å². The molecule has 1 aliphatic heterocycles. The Kier molecular flexibility index (Phi) is 4.08. The highest BCUT2D eigenvalue weighted by Crippen LogP contribution is 2.31. The molecule has 3 aromatic rings. The van der Waals surface area contributed by atoms with Crippen molar-refractivity contribution in [3.8, 4) is 11.5 Å². The standard InChI is InChI=1S/C21H16N2O4/c1-26-17-11-5-8-14(19(17)27-2)12-22-23-20(24)15-9-3-6-13-7-4-10-16(18(13)15)21(23)25/h3-12H,1-2H3/b22-12-. The summed E-state index contributed by atoms with van der Waals surface area (Å²) in [4.78, 5) is 25.7. The van der Waals surface area contributed by atoms with Crippen LogP contribution in [0.3, 0.4) is 0 Å². The Labute approximate surface area is 155 Å². The number of amides is 2. The predicted molar refractivity (Wildman–Crippen MR) is 102 cm³/mol. The van der Waals surface area contributed by atoms with Crippen LogP contribution >= 0.6 is 0 Å². The number of hydrogen-bond acceptors (Lipinski definition) is 5. The largest absolute Gasteiger partial charge is 0.493 e. The lowest BCUT2D eigenvalue weighted by molar-refractivity contribution is 0.0616. The minimum Gasteiger partial charge on any atom is -0.493 e. The summed E-state index contributed by atoms with van der Waals surface area (Å²) < 4.78 is 10.6. The number of nitrogens with zero attached hydrogens (tertiary/aromatic N) is 2. The Morgan fingerprint density at radius 3 is 2.07 bits per heavy atom. The van der Waals surface area contributed by atoms with Gasteiger partial charge in [-0.15, -0.1) is 0 Å². The number of para-hydroxylation sites is 1. The van der Waals surface area contributed by atoms with Crippen molar-refractivity contribution in [2.75, 3.05) is 14.2 Å². The van der Waals surface area contributed by atoms with Crippen LogP contribution in [0.25, 0.3) is 10.8 Å². The van der Waals surface area contributed by atoms with Crippen molar-refractivity contribution in [3.05, 3.63) is 71.3 Å². The average molecular weight is 360 g/mol. The molecule has 0 atom stereocenters. The number of rotatable bonds is 4. The molecule has 0 saturated heterocycles. The van der Waals surface area contributed by atoms with Crippen LogP contribution in [0.4, 0.5) is 0 Å². The van der Waals surface area contributed by atoms with Gasteiger partial charge in [0.05, 0.1) is 31.6 Å². The van der Waals surface area contributed by atoms with Crippen molar-refractivity contribution in [3.63, 3.8) is 0 Å². The van der Waals surface area contributed by atoms with E-state index in [-0.39, 0.29) is 0 Å². The number of benzene rings is 3. The van der Waals surface area contributed by atoms with Crippen LogP contribution in [0.5, 0.6) is 11.5 Å². The highest BCUT2D eigenvalue weighted by Gasteiger charge is 2.32. The second kappa shape index (κ2) is 6.57. The lowest BCUT2D eigenvalue weighted by atomic mass is 9.95. The molecular formula is C21H16N2O4. The number of carbonyl (C=O) groups is 2. The van der Waals surface area contributed by atoms with Gasteiger partial charge in [0.1, 0.15) is 0 Å². The SMILES string of the molecule is COc1cccc(/C=N\N2C(=O)c3cccc4cccc(c34)C2=O)c1OC. The zero-order valence-electron chi connectivity index (χ0n) is 14.8. The Balaban J connectivity index is 1.78. The van der Waals surface area contributed by atoms with Gasteiger partial charge in [0.15, 0.2) is 11.5 Å². The first kappa shape index (κ1) is 16.8. The third-order valence-corrected chi connectivity index (χ3v) is 4.50. The van der Waals surface area contributed by atoms with Crippen LogP contribution in [-0.4, -0.2) is 37.3 Å². The van der Waals surface area contributed by atoms with Gasteiger partial charge in [0.25, 0.3) is 11.8 Å². The summed E-state index contributed by atoms with van der Waals surface area (Å²) in [5.74, 6) is 0.0980. The summed E-state index contributed by atoms with van der Waals surface area (Å²) in [6.07, 6.45) is 1.42. The van der Waals surface area contributed by atoms with E-state index in [1.807, 2.05) is 12.1 Å². The number of hydrazone groups is 1. The van der Waals surface area contributed by atoms with Crippen LogP contribution in [0.2, 0.25) is 0 Å². The fraction of sp³-hybridized carbons (Fsp3) is 0.0952. The molecule has 0 spiro atoms. The molecule has 27 heavy (non-hydrogen) atoms. The molecule has 6 nitrogen and oxygen atoms in total. The zero-order valence-corrected chi connectivity index (χ0v) is 14.8. The van der Waals surface area contributed by atoms with E-state index in [1.165, 1.54) is 20.4 Å². The van der Waals surface area contributed by atoms with E-state index in [4.69, 9.17) is 9.47 Å². The van der Waals surface area contributed by atoms with Gasteiger partial charge in [-0.05, 0) is 29.7 Å². The summed E-state index contributed by atoms with van der Waals surface area (Å²) in [5.41, 5.74) is 1.50. The third-order valence-electron chi connectivity index (χ3n) is 4.50. The van der Waals surface area contributed by atoms with E-state index < -0.39 is 11.8 Å². The van der Waals surface area contributed by atoms with Gasteiger partial charge in [0, 0.05) is 10.9 Å². The Morgan fingerprint density at radius 1 is 0.852 bits per heavy atom. The smallest absolute Gasteiger partial charge is 0.282 e. The van der Waals surface area contributed by atoms with Gasteiger partial charge in [-0.3, -0.25) is 9.59 Å². The van der Waals surface area contributed by atoms with Crippen LogP contribution in [0, 0.1) is 0 Å². The molecule has 2 amide bonds. The molecule has 3 aromatic carbocycles. The first-order valence-corrected chi connectivity index (χ1v) is 8.31. The van der Waals surface area contributed by atoms with Gasteiger partial charge in [-0.25, -0.2) is 0 Å². The van der Waals surface area contributed by atoms with Crippen LogP contribution in [-0.2, 0) is 0 Å². The van der Waals surface area contributed by atoms with Gasteiger partial charge in [-0.2, -0.15) is 10.1 Å². The molecule has 0 fully saturated rings. The maximum atomic E-state index is 12.8. The number of methoxy groups -OCH3 is 2. The van der Waals surface area contributed by atoms with Crippen molar-refractivity contribution in [1.82, 2.24) is 5.01 Å². The maximum Gasteiger partial charge on any atom is 0.282 e. The van der Waals surface area contributed by atoms with Crippen LogP contribution < -0.4 is 9.47 Å². The lowest BCUT2D eigenvalue weighted by Crippen LogP contribution is -2.36. The Morgan fingerprint density at radius 2 is 1.48 bits per heavy atom. The molecule has 1 heterocycles. The number of ether oxygens (including phenoxy) is 2. The summed E-state index contributed by atoms with van der Waals surface area (Å²) in [6, 6.07) is 16.0. The minimum atomic E-state index is -0.456. The third kappa shape index (κ3) is 2.62. The van der Waals surface area contributed by atoms with Gasteiger partial charge in [-0.1, -0.05) is 30.3 Å². The first-order chi connectivity index (χ1) is 13.2. The minimum absolute atomic E-state index is 0.456. The van der Waals surface area contributed by atoms with Crippen molar-refractivity contribution >= 4 is 28.8 Å². The second-order valence-corrected chi connectivity index (χ2v) is 5.96. The quantitative estimate of drug-likeness (QED) is 0.528. The van der Waals surface area contributed by atoms with Crippen molar-refractivity contribution < 1.29 is 19.1 Å². The molecular weight excluding hydrogens is 344 g/mol. The molecule has 0 aliphatic carbocycles. The highest BCUT2D eigenvalue weighted by molar-refractivity contribution is 6.25. The molecule has 0 radical (unpaired) electrons. The normalized spacial score (nSPS) is 13.5. The van der Waals surface area contributed by atoms with Gasteiger partial charge in [0.2, 0.25) is 0 Å². The summed E-state index contributed by atoms with van der Waals surface area (Å²) in [6.45, 7) is 0. The molecule has 134 valence electrons.